The smallest absolute Gasteiger partial charge is 0.121 e. The van der Waals surface area contributed by atoms with E-state index in [0.717, 1.165) is 41.5 Å². The van der Waals surface area contributed by atoms with Gasteiger partial charge in [0, 0.05) is 19.4 Å². The summed E-state index contributed by atoms with van der Waals surface area (Å²) in [6.07, 6.45) is 1.65. The number of aromatic nitrogens is 2. The fourth-order valence-corrected chi connectivity index (χ4v) is 2.77. The number of aromatic hydroxyl groups is 1. The lowest BCUT2D eigenvalue weighted by molar-refractivity contribution is 0.474. The first-order chi connectivity index (χ1) is 9.63. The summed E-state index contributed by atoms with van der Waals surface area (Å²) in [5.41, 5.74) is 1.06. The van der Waals surface area contributed by atoms with Crippen LogP contribution in [0.4, 0.5) is 0 Å². The molecule has 0 aliphatic carbocycles. The summed E-state index contributed by atoms with van der Waals surface area (Å²) in [6.45, 7) is 6.38. The van der Waals surface area contributed by atoms with Crippen LogP contribution in [-0.4, -0.2) is 28.4 Å². The van der Waals surface area contributed by atoms with Crippen molar-refractivity contribution < 1.29 is 5.11 Å². The second kappa shape index (κ2) is 7.36. The van der Waals surface area contributed by atoms with E-state index in [0.29, 0.717) is 11.7 Å². The molecule has 108 valence electrons. The van der Waals surface area contributed by atoms with Gasteiger partial charge in [-0.1, -0.05) is 26.0 Å². The van der Waals surface area contributed by atoms with E-state index in [1.807, 2.05) is 12.1 Å². The van der Waals surface area contributed by atoms with E-state index >= 15 is 0 Å². The van der Waals surface area contributed by atoms with Crippen molar-refractivity contribution in [2.45, 2.75) is 26.7 Å². The molecular formula is C15H21N3OS. The van der Waals surface area contributed by atoms with Gasteiger partial charge in [-0.2, -0.15) is 0 Å². The summed E-state index contributed by atoms with van der Waals surface area (Å²) in [5, 5.41) is 23.3. The molecule has 2 rings (SSSR count). The Balaban J connectivity index is 1.83. The van der Waals surface area contributed by atoms with E-state index in [-0.39, 0.29) is 0 Å². The number of benzene rings is 1. The van der Waals surface area contributed by atoms with E-state index in [1.54, 1.807) is 23.5 Å². The van der Waals surface area contributed by atoms with Gasteiger partial charge in [0.25, 0.3) is 0 Å². The van der Waals surface area contributed by atoms with E-state index < -0.39 is 0 Å². The summed E-state index contributed by atoms with van der Waals surface area (Å²) in [7, 11) is 0. The first-order valence-electron chi connectivity index (χ1n) is 6.93. The second-order valence-corrected chi connectivity index (χ2v) is 6.43. The molecule has 0 aliphatic rings. The highest BCUT2D eigenvalue weighted by Gasteiger charge is 2.05. The minimum atomic E-state index is 0.296. The molecule has 5 heteroatoms. The average molecular weight is 291 g/mol. The Morgan fingerprint density at radius 3 is 2.80 bits per heavy atom. The third-order valence-corrected chi connectivity index (χ3v) is 3.83. The molecule has 0 unspecified atom stereocenters. The minimum Gasteiger partial charge on any atom is -0.508 e. The number of nitrogens with one attached hydrogen (secondary N) is 1. The van der Waals surface area contributed by atoms with E-state index in [2.05, 4.69) is 29.4 Å². The molecule has 20 heavy (non-hydrogen) atoms. The van der Waals surface area contributed by atoms with E-state index in [4.69, 9.17) is 0 Å². The lowest BCUT2D eigenvalue weighted by Crippen LogP contribution is -2.22. The van der Waals surface area contributed by atoms with Gasteiger partial charge in [-0.15, -0.1) is 21.5 Å². The zero-order chi connectivity index (χ0) is 14.4. The lowest BCUT2D eigenvalue weighted by Gasteiger charge is -2.05. The zero-order valence-corrected chi connectivity index (χ0v) is 12.8. The van der Waals surface area contributed by atoms with Crippen LogP contribution in [0.15, 0.2) is 24.3 Å². The van der Waals surface area contributed by atoms with Gasteiger partial charge in [-0.3, -0.25) is 0 Å². The topological polar surface area (TPSA) is 58.0 Å². The standard InChI is InChI=1S/C15H21N3OS/c1-11(2)10-16-7-6-14-17-18-15(20-14)9-12-4-3-5-13(19)8-12/h3-5,8,11,16,19H,6-7,9-10H2,1-2H3. The molecule has 1 heterocycles. The van der Waals surface area contributed by atoms with Crippen molar-refractivity contribution in [1.82, 2.24) is 15.5 Å². The predicted octanol–water partition coefficient (Wildman–Crippen LogP) is 2.62. The molecule has 0 fully saturated rings. The molecule has 0 amide bonds. The van der Waals surface area contributed by atoms with Gasteiger partial charge < -0.3 is 10.4 Å². The Labute approximate surface area is 123 Å². The van der Waals surface area contributed by atoms with Crippen molar-refractivity contribution in [2.24, 2.45) is 5.92 Å². The van der Waals surface area contributed by atoms with Crippen LogP contribution in [0.5, 0.6) is 5.75 Å². The third-order valence-electron chi connectivity index (χ3n) is 2.84. The van der Waals surface area contributed by atoms with Crippen LogP contribution < -0.4 is 5.32 Å². The van der Waals surface area contributed by atoms with Crippen molar-refractivity contribution >= 4 is 11.3 Å². The molecule has 0 atom stereocenters. The molecule has 1 aromatic carbocycles. The average Bonchev–Trinajstić information content (AvgIpc) is 2.82. The molecule has 0 radical (unpaired) electrons. The van der Waals surface area contributed by atoms with Crippen molar-refractivity contribution in [1.29, 1.82) is 0 Å². The van der Waals surface area contributed by atoms with Crippen molar-refractivity contribution in [3.8, 4) is 5.75 Å². The lowest BCUT2D eigenvalue weighted by atomic mass is 10.1. The summed E-state index contributed by atoms with van der Waals surface area (Å²) in [5.74, 6) is 0.968. The van der Waals surface area contributed by atoms with E-state index in [9.17, 15) is 5.11 Å². The van der Waals surface area contributed by atoms with Crippen LogP contribution in [0.2, 0.25) is 0 Å². The molecule has 2 aromatic rings. The van der Waals surface area contributed by atoms with Gasteiger partial charge in [0.1, 0.15) is 15.8 Å². The molecule has 2 N–H and O–H groups in total. The summed E-state index contributed by atoms with van der Waals surface area (Å²) in [6, 6.07) is 7.29. The first-order valence-corrected chi connectivity index (χ1v) is 7.75. The van der Waals surface area contributed by atoms with Gasteiger partial charge >= 0.3 is 0 Å². The fraction of sp³-hybridized carbons (Fsp3) is 0.467. The van der Waals surface area contributed by atoms with E-state index in [1.165, 1.54) is 0 Å². The third kappa shape index (κ3) is 4.90. The molecule has 0 saturated carbocycles. The highest BCUT2D eigenvalue weighted by atomic mass is 32.1. The maximum atomic E-state index is 9.44. The number of rotatable bonds is 7. The number of phenolic OH excluding ortho intramolecular Hbond substituents is 1. The van der Waals surface area contributed by atoms with Crippen molar-refractivity contribution in [3.63, 3.8) is 0 Å². The van der Waals surface area contributed by atoms with Gasteiger partial charge in [-0.05, 0) is 30.2 Å². The van der Waals surface area contributed by atoms with Crippen LogP contribution in [0.3, 0.4) is 0 Å². The maximum absolute atomic E-state index is 9.44. The van der Waals surface area contributed by atoms with Crippen molar-refractivity contribution in [2.75, 3.05) is 13.1 Å². The Morgan fingerprint density at radius 2 is 2.05 bits per heavy atom. The Morgan fingerprint density at radius 1 is 1.25 bits per heavy atom. The molecular weight excluding hydrogens is 270 g/mol. The molecule has 0 aliphatic heterocycles. The van der Waals surface area contributed by atoms with Crippen LogP contribution in [-0.2, 0) is 12.8 Å². The van der Waals surface area contributed by atoms with Gasteiger partial charge in [0.2, 0.25) is 0 Å². The minimum absolute atomic E-state index is 0.296. The van der Waals surface area contributed by atoms with Crippen LogP contribution >= 0.6 is 11.3 Å². The van der Waals surface area contributed by atoms with Gasteiger partial charge in [0.05, 0.1) is 0 Å². The Kier molecular flexibility index (Phi) is 5.49. The predicted molar refractivity (Wildman–Crippen MR) is 82.2 cm³/mol. The van der Waals surface area contributed by atoms with Gasteiger partial charge in [-0.25, -0.2) is 0 Å². The number of nitrogens with zero attached hydrogens (tertiary/aromatic N) is 2. The van der Waals surface area contributed by atoms with Gasteiger partial charge in [0.15, 0.2) is 0 Å². The molecule has 1 aromatic heterocycles. The normalized spacial score (nSPS) is 11.2. The monoisotopic (exact) mass is 291 g/mol. The first kappa shape index (κ1) is 14.9. The quantitative estimate of drug-likeness (QED) is 0.770. The molecule has 4 nitrogen and oxygen atoms in total. The zero-order valence-electron chi connectivity index (χ0n) is 12.0. The summed E-state index contributed by atoms with van der Waals surface area (Å²) < 4.78 is 0. The van der Waals surface area contributed by atoms with Crippen LogP contribution in [0.25, 0.3) is 0 Å². The highest BCUT2D eigenvalue weighted by molar-refractivity contribution is 7.11. The second-order valence-electron chi connectivity index (χ2n) is 5.28. The summed E-state index contributed by atoms with van der Waals surface area (Å²) in [4.78, 5) is 0. The SMILES string of the molecule is CC(C)CNCCc1nnc(Cc2cccc(O)c2)s1. The largest absolute Gasteiger partial charge is 0.508 e. The summed E-state index contributed by atoms with van der Waals surface area (Å²) >= 11 is 1.65. The number of phenols is 1. The van der Waals surface area contributed by atoms with Crippen LogP contribution in [0.1, 0.15) is 29.4 Å². The number of hydrogen-bond acceptors (Lipinski definition) is 5. The number of hydrogen-bond donors (Lipinski definition) is 2. The molecule has 0 spiro atoms. The molecule has 0 bridgehead atoms. The molecule has 0 saturated heterocycles. The van der Waals surface area contributed by atoms with Crippen molar-refractivity contribution in [3.05, 3.63) is 39.8 Å². The highest BCUT2D eigenvalue weighted by Crippen LogP contribution is 2.17. The van der Waals surface area contributed by atoms with Crippen LogP contribution in [0, 0.1) is 5.92 Å². The maximum Gasteiger partial charge on any atom is 0.121 e. The Bertz CT molecular complexity index is 539. The fourth-order valence-electron chi connectivity index (χ4n) is 1.89. The Hall–Kier alpha value is -1.46.